The normalized spacial score (nSPS) is 15.2. The smallest absolute Gasteiger partial charge is 0.298 e. The van der Waals surface area contributed by atoms with E-state index in [4.69, 9.17) is 15.6 Å². The van der Waals surface area contributed by atoms with Gasteiger partial charge in [0.15, 0.2) is 5.65 Å². The molecule has 1 fully saturated rings. The number of carbonyl (C=O) groups is 1. The number of carbonyl (C=O) groups excluding carboxylic acids is 1. The maximum absolute atomic E-state index is 12.4. The zero-order chi connectivity index (χ0) is 23.5. The van der Waals surface area contributed by atoms with Crippen molar-refractivity contribution in [3.63, 3.8) is 0 Å². The fourth-order valence-corrected chi connectivity index (χ4v) is 4.34. The van der Waals surface area contributed by atoms with Crippen LogP contribution in [0.5, 0.6) is 11.5 Å². The number of fused-ring (bicyclic) bond motifs is 1. The quantitative estimate of drug-likeness (QED) is 0.462. The molecular weight excluding hydrogens is 428 g/mol. The first-order valence-electron chi connectivity index (χ1n) is 11.2. The topological polar surface area (TPSA) is 99.2 Å². The van der Waals surface area contributed by atoms with Crippen LogP contribution in [0, 0.1) is 11.8 Å². The van der Waals surface area contributed by atoms with Gasteiger partial charge in [-0.3, -0.25) is 4.79 Å². The molecule has 0 aliphatic carbocycles. The number of ether oxygens (including phenoxy) is 1. The number of amides is 1. The Labute approximate surface area is 197 Å². The van der Waals surface area contributed by atoms with E-state index in [1.807, 2.05) is 64.2 Å². The monoisotopic (exact) mass is 452 g/mol. The number of nitrogen functional groups attached to an aromatic ring is 1. The molecule has 1 amide bonds. The van der Waals surface area contributed by atoms with E-state index < -0.39 is 0 Å². The standard InChI is InChI=1S/C26H24N6O2/c1-2-7-22(33)31-15-6-8-19(31)16-32-26-23(25(27)28-17-29-26)24(30-32)18-11-13-21(14-12-18)34-20-9-4-3-5-10-20/h3-5,9-14,17,19H,6,8,15-16H2,1H3,(H2,27,28,29). The van der Waals surface area contributed by atoms with E-state index in [0.29, 0.717) is 35.6 Å². The Bertz CT molecular complexity index is 1390. The molecule has 0 saturated carbocycles. The molecule has 2 aromatic carbocycles. The van der Waals surface area contributed by atoms with Gasteiger partial charge < -0.3 is 15.4 Å². The Hall–Kier alpha value is -4.38. The van der Waals surface area contributed by atoms with Crippen LogP contribution >= 0.6 is 0 Å². The second kappa shape index (κ2) is 9.24. The summed E-state index contributed by atoms with van der Waals surface area (Å²) in [6.07, 6.45) is 3.27. The summed E-state index contributed by atoms with van der Waals surface area (Å²) < 4.78 is 7.73. The van der Waals surface area contributed by atoms with Gasteiger partial charge in [0, 0.05) is 12.1 Å². The minimum Gasteiger partial charge on any atom is -0.457 e. The van der Waals surface area contributed by atoms with Crippen LogP contribution in [0.3, 0.4) is 0 Å². The van der Waals surface area contributed by atoms with Crippen molar-refractivity contribution in [1.82, 2.24) is 24.6 Å². The highest BCUT2D eigenvalue weighted by Crippen LogP contribution is 2.32. The van der Waals surface area contributed by atoms with E-state index >= 15 is 0 Å². The van der Waals surface area contributed by atoms with Crippen LogP contribution in [0.1, 0.15) is 19.8 Å². The maximum Gasteiger partial charge on any atom is 0.298 e. The Kier molecular flexibility index (Phi) is 5.83. The molecule has 1 saturated heterocycles. The molecule has 8 nitrogen and oxygen atoms in total. The number of hydrogen-bond donors (Lipinski definition) is 1. The summed E-state index contributed by atoms with van der Waals surface area (Å²) >= 11 is 0. The van der Waals surface area contributed by atoms with Crippen LogP contribution in [0.4, 0.5) is 5.82 Å². The lowest BCUT2D eigenvalue weighted by Crippen LogP contribution is -2.37. The zero-order valence-electron chi connectivity index (χ0n) is 18.8. The molecule has 2 N–H and O–H groups in total. The number of likely N-dealkylation sites (tertiary alicyclic amines) is 1. The lowest BCUT2D eigenvalue weighted by atomic mass is 10.1. The highest BCUT2D eigenvalue weighted by molar-refractivity contribution is 5.98. The number of hydrogen-bond acceptors (Lipinski definition) is 6. The van der Waals surface area contributed by atoms with Crippen LogP contribution in [-0.4, -0.2) is 43.1 Å². The summed E-state index contributed by atoms with van der Waals surface area (Å²) in [5, 5.41) is 5.55. The van der Waals surface area contributed by atoms with Gasteiger partial charge >= 0.3 is 0 Å². The van der Waals surface area contributed by atoms with Gasteiger partial charge in [0.1, 0.15) is 29.3 Å². The van der Waals surface area contributed by atoms with Gasteiger partial charge in [-0.05, 0) is 62.1 Å². The molecule has 0 bridgehead atoms. The lowest BCUT2D eigenvalue weighted by molar-refractivity contribution is -0.126. The summed E-state index contributed by atoms with van der Waals surface area (Å²) in [6, 6.07) is 17.3. The third-order valence-electron chi connectivity index (χ3n) is 5.92. The van der Waals surface area contributed by atoms with Crippen LogP contribution in [0.2, 0.25) is 0 Å². The average molecular weight is 453 g/mol. The summed E-state index contributed by atoms with van der Waals surface area (Å²) in [5.41, 5.74) is 8.47. The van der Waals surface area contributed by atoms with E-state index in [0.717, 1.165) is 29.9 Å². The van der Waals surface area contributed by atoms with Gasteiger partial charge in [-0.15, -0.1) is 0 Å². The van der Waals surface area contributed by atoms with Gasteiger partial charge in [0.2, 0.25) is 0 Å². The number of nitrogens with two attached hydrogens (primary N) is 1. The second-order valence-corrected chi connectivity index (χ2v) is 8.10. The van der Waals surface area contributed by atoms with Gasteiger partial charge in [-0.1, -0.05) is 24.1 Å². The van der Waals surface area contributed by atoms with Crippen molar-refractivity contribution in [2.45, 2.75) is 32.4 Å². The number of aromatic nitrogens is 4. The third kappa shape index (κ3) is 4.16. The van der Waals surface area contributed by atoms with Crippen molar-refractivity contribution in [3.05, 3.63) is 60.9 Å². The molecule has 34 heavy (non-hydrogen) atoms. The molecular formula is C26H24N6O2. The Morgan fingerprint density at radius 1 is 1.12 bits per heavy atom. The van der Waals surface area contributed by atoms with Gasteiger partial charge in [-0.2, -0.15) is 5.10 Å². The Morgan fingerprint density at radius 2 is 1.88 bits per heavy atom. The summed E-state index contributed by atoms with van der Waals surface area (Å²) in [4.78, 5) is 22.9. The van der Waals surface area contributed by atoms with Crippen molar-refractivity contribution >= 4 is 22.8 Å². The molecule has 1 unspecified atom stereocenters. The van der Waals surface area contributed by atoms with E-state index in [1.54, 1.807) is 6.92 Å². The van der Waals surface area contributed by atoms with Crippen molar-refractivity contribution in [3.8, 4) is 34.6 Å². The maximum atomic E-state index is 12.4. The summed E-state index contributed by atoms with van der Waals surface area (Å²) in [7, 11) is 0. The Morgan fingerprint density at radius 3 is 2.65 bits per heavy atom. The molecule has 1 atom stereocenters. The van der Waals surface area contributed by atoms with Crippen LogP contribution < -0.4 is 10.5 Å². The van der Waals surface area contributed by atoms with Gasteiger partial charge in [0.05, 0.1) is 18.0 Å². The highest BCUT2D eigenvalue weighted by atomic mass is 16.5. The van der Waals surface area contributed by atoms with E-state index in [1.165, 1.54) is 6.33 Å². The number of rotatable bonds is 5. The molecule has 8 heteroatoms. The molecule has 1 aliphatic rings. The van der Waals surface area contributed by atoms with E-state index in [9.17, 15) is 4.79 Å². The highest BCUT2D eigenvalue weighted by Gasteiger charge is 2.29. The van der Waals surface area contributed by atoms with Crippen molar-refractivity contribution in [1.29, 1.82) is 0 Å². The van der Waals surface area contributed by atoms with Gasteiger partial charge in [0.25, 0.3) is 5.91 Å². The molecule has 4 aromatic rings. The van der Waals surface area contributed by atoms with Crippen LogP contribution in [-0.2, 0) is 11.3 Å². The predicted molar refractivity (Wildman–Crippen MR) is 130 cm³/mol. The second-order valence-electron chi connectivity index (χ2n) is 8.10. The number of nitrogens with zero attached hydrogens (tertiary/aromatic N) is 5. The molecule has 1 aliphatic heterocycles. The molecule has 0 spiro atoms. The minimum atomic E-state index is -0.148. The molecule has 5 rings (SSSR count). The summed E-state index contributed by atoms with van der Waals surface area (Å²) in [6.45, 7) is 2.88. The van der Waals surface area contributed by atoms with E-state index in [-0.39, 0.29) is 11.9 Å². The lowest BCUT2D eigenvalue weighted by Gasteiger charge is -2.22. The summed E-state index contributed by atoms with van der Waals surface area (Å²) in [5.74, 6) is 7.06. The number of benzene rings is 2. The largest absolute Gasteiger partial charge is 0.457 e. The average Bonchev–Trinajstić information content (AvgIpc) is 3.47. The zero-order valence-corrected chi connectivity index (χ0v) is 18.8. The first-order valence-corrected chi connectivity index (χ1v) is 11.2. The fraction of sp³-hybridized carbons (Fsp3) is 0.231. The van der Waals surface area contributed by atoms with Crippen LogP contribution in [0.15, 0.2) is 60.9 Å². The molecule has 170 valence electrons. The SMILES string of the molecule is CC#CC(=O)N1CCCC1Cn1nc(-c2ccc(Oc3ccccc3)cc2)c2c(N)ncnc21. The van der Waals surface area contributed by atoms with Crippen LogP contribution in [0.25, 0.3) is 22.3 Å². The van der Waals surface area contributed by atoms with E-state index in [2.05, 4.69) is 21.8 Å². The number of anilines is 1. The molecule has 0 radical (unpaired) electrons. The fourth-order valence-electron chi connectivity index (χ4n) is 4.34. The van der Waals surface area contributed by atoms with Gasteiger partial charge in [-0.25, -0.2) is 14.6 Å². The Balaban J connectivity index is 1.47. The van der Waals surface area contributed by atoms with Crippen molar-refractivity contribution in [2.24, 2.45) is 0 Å². The minimum absolute atomic E-state index is 0.00198. The third-order valence-corrected chi connectivity index (χ3v) is 5.92. The first-order chi connectivity index (χ1) is 16.6. The van der Waals surface area contributed by atoms with Crippen molar-refractivity contribution < 1.29 is 9.53 Å². The molecule has 2 aromatic heterocycles. The molecule has 3 heterocycles. The number of para-hydroxylation sites is 1. The predicted octanol–water partition coefficient (Wildman–Crippen LogP) is 3.88. The first kappa shape index (κ1) is 21.5. The van der Waals surface area contributed by atoms with Crippen molar-refractivity contribution in [2.75, 3.05) is 12.3 Å².